The molecule has 0 spiro atoms. The van der Waals surface area contributed by atoms with Crippen molar-refractivity contribution in [1.29, 1.82) is 0 Å². The molecule has 1 aliphatic carbocycles. The van der Waals surface area contributed by atoms with E-state index in [1.54, 1.807) is 18.2 Å². The molecular formula is C15H15NO5. The summed E-state index contributed by atoms with van der Waals surface area (Å²) < 4.78 is 10.5. The molecule has 1 aromatic carbocycles. The van der Waals surface area contributed by atoms with Crippen molar-refractivity contribution >= 4 is 18.0 Å². The largest absolute Gasteiger partial charge is 0.481 e. The van der Waals surface area contributed by atoms with Gasteiger partial charge >= 0.3 is 5.97 Å². The van der Waals surface area contributed by atoms with Crippen LogP contribution in [0.5, 0.6) is 11.5 Å². The number of carbonyl (C=O) groups is 2. The molecule has 1 amide bonds. The fourth-order valence-electron chi connectivity index (χ4n) is 2.12. The van der Waals surface area contributed by atoms with E-state index in [1.165, 1.54) is 6.08 Å². The van der Waals surface area contributed by atoms with E-state index in [2.05, 4.69) is 5.32 Å². The molecule has 2 aliphatic rings. The Kier molecular flexibility index (Phi) is 3.29. The quantitative estimate of drug-likeness (QED) is 0.801. The van der Waals surface area contributed by atoms with Gasteiger partial charge < -0.3 is 19.9 Å². The minimum atomic E-state index is -0.845. The Morgan fingerprint density at radius 2 is 2.05 bits per heavy atom. The smallest absolute Gasteiger partial charge is 0.311 e. The predicted octanol–water partition coefficient (Wildman–Crippen LogP) is 1.41. The Balaban J connectivity index is 1.56. The Hall–Kier alpha value is -2.50. The molecule has 110 valence electrons. The maximum absolute atomic E-state index is 11.7. The van der Waals surface area contributed by atoms with Gasteiger partial charge in [0.25, 0.3) is 0 Å². The fraction of sp³-hybridized carbons (Fsp3) is 0.333. The molecule has 0 saturated heterocycles. The topological polar surface area (TPSA) is 84.9 Å². The fourth-order valence-corrected chi connectivity index (χ4v) is 2.12. The minimum Gasteiger partial charge on any atom is -0.481 e. The number of carbonyl (C=O) groups excluding carboxylic acids is 1. The molecule has 3 rings (SSSR count). The highest BCUT2D eigenvalue weighted by molar-refractivity contribution is 5.92. The lowest BCUT2D eigenvalue weighted by atomic mass is 10.1. The van der Waals surface area contributed by atoms with Gasteiger partial charge in [-0.3, -0.25) is 9.59 Å². The summed E-state index contributed by atoms with van der Waals surface area (Å²) >= 11 is 0. The highest BCUT2D eigenvalue weighted by Gasteiger charge is 2.50. The molecule has 2 N–H and O–H groups in total. The maximum Gasteiger partial charge on any atom is 0.311 e. The molecule has 0 bridgehead atoms. The number of carboxylic acids is 1. The van der Waals surface area contributed by atoms with Gasteiger partial charge in [-0.2, -0.15) is 0 Å². The second-order valence-electron chi connectivity index (χ2n) is 5.25. The molecule has 6 nitrogen and oxygen atoms in total. The lowest BCUT2D eigenvalue weighted by Crippen LogP contribution is -2.33. The van der Waals surface area contributed by atoms with Crippen LogP contribution < -0.4 is 14.8 Å². The summed E-state index contributed by atoms with van der Waals surface area (Å²) in [5.41, 5.74) is 0.0659. The number of amides is 1. The van der Waals surface area contributed by atoms with Crippen molar-refractivity contribution in [2.24, 2.45) is 5.41 Å². The van der Waals surface area contributed by atoms with Gasteiger partial charge in [0, 0.05) is 12.6 Å². The molecule has 21 heavy (non-hydrogen) atoms. The van der Waals surface area contributed by atoms with Crippen LogP contribution in [0.15, 0.2) is 24.3 Å². The van der Waals surface area contributed by atoms with E-state index >= 15 is 0 Å². The van der Waals surface area contributed by atoms with Crippen molar-refractivity contribution in [3.63, 3.8) is 0 Å². The Labute approximate surface area is 121 Å². The summed E-state index contributed by atoms with van der Waals surface area (Å²) in [5.74, 6) is 0.192. The van der Waals surface area contributed by atoms with E-state index in [0.717, 1.165) is 5.56 Å². The second kappa shape index (κ2) is 5.12. The molecule has 1 heterocycles. The SMILES string of the molecule is O=C(/C=C/c1ccc2c(c1)OCO2)NCC1(C(=O)O)CC1. The molecule has 1 fully saturated rings. The van der Waals surface area contributed by atoms with E-state index in [-0.39, 0.29) is 19.2 Å². The Bertz CT molecular complexity index is 618. The van der Waals surface area contributed by atoms with Crippen LogP contribution in [-0.2, 0) is 9.59 Å². The van der Waals surface area contributed by atoms with Gasteiger partial charge in [0.15, 0.2) is 11.5 Å². The third-order valence-electron chi connectivity index (χ3n) is 3.73. The van der Waals surface area contributed by atoms with Crippen molar-refractivity contribution in [3.05, 3.63) is 29.8 Å². The van der Waals surface area contributed by atoms with Crippen LogP contribution in [0.4, 0.5) is 0 Å². The van der Waals surface area contributed by atoms with Gasteiger partial charge in [-0.15, -0.1) is 0 Å². The van der Waals surface area contributed by atoms with Gasteiger partial charge in [0.1, 0.15) is 0 Å². The standard InChI is InChI=1S/C15H15NO5/c17-13(16-8-15(5-6-15)14(18)19)4-2-10-1-3-11-12(7-10)21-9-20-11/h1-4,7H,5-6,8-9H2,(H,16,17)(H,18,19)/b4-2+. The third kappa shape index (κ3) is 2.84. The number of hydrogen-bond acceptors (Lipinski definition) is 4. The molecule has 0 unspecified atom stereocenters. The highest BCUT2D eigenvalue weighted by Crippen LogP contribution is 2.45. The monoisotopic (exact) mass is 289 g/mol. The average molecular weight is 289 g/mol. The Morgan fingerprint density at radius 3 is 2.76 bits per heavy atom. The normalized spacial score (nSPS) is 17.7. The molecule has 0 atom stereocenters. The van der Waals surface area contributed by atoms with Crippen LogP contribution in [0.25, 0.3) is 6.08 Å². The van der Waals surface area contributed by atoms with Crippen molar-refractivity contribution < 1.29 is 24.2 Å². The molecule has 1 aliphatic heterocycles. The first-order chi connectivity index (χ1) is 10.1. The molecule has 1 aromatic rings. The first-order valence-electron chi connectivity index (χ1n) is 6.68. The van der Waals surface area contributed by atoms with Crippen LogP contribution in [0.3, 0.4) is 0 Å². The highest BCUT2D eigenvalue weighted by atomic mass is 16.7. The molecule has 6 heteroatoms. The van der Waals surface area contributed by atoms with Crippen LogP contribution in [-0.4, -0.2) is 30.3 Å². The van der Waals surface area contributed by atoms with Gasteiger partial charge in [0.05, 0.1) is 5.41 Å². The van der Waals surface area contributed by atoms with Crippen LogP contribution in [0, 0.1) is 5.41 Å². The first-order valence-corrected chi connectivity index (χ1v) is 6.68. The Morgan fingerprint density at radius 1 is 1.29 bits per heavy atom. The average Bonchev–Trinajstić information content (AvgIpc) is 3.13. The first kappa shape index (κ1) is 13.5. The van der Waals surface area contributed by atoms with E-state index in [4.69, 9.17) is 14.6 Å². The van der Waals surface area contributed by atoms with E-state index in [1.807, 2.05) is 6.07 Å². The summed E-state index contributed by atoms with van der Waals surface area (Å²) in [7, 11) is 0. The summed E-state index contributed by atoms with van der Waals surface area (Å²) in [4.78, 5) is 22.7. The lowest BCUT2D eigenvalue weighted by Gasteiger charge is -2.09. The summed E-state index contributed by atoms with van der Waals surface area (Å²) in [6, 6.07) is 5.38. The number of ether oxygens (including phenoxy) is 2. The minimum absolute atomic E-state index is 0.173. The number of nitrogens with one attached hydrogen (secondary N) is 1. The van der Waals surface area contributed by atoms with Crippen LogP contribution in [0.1, 0.15) is 18.4 Å². The summed E-state index contributed by atoms with van der Waals surface area (Å²) in [6.45, 7) is 0.382. The number of rotatable bonds is 5. The van der Waals surface area contributed by atoms with Crippen LogP contribution >= 0.6 is 0 Å². The molecular weight excluding hydrogens is 274 g/mol. The molecule has 0 radical (unpaired) electrons. The van der Waals surface area contributed by atoms with E-state index in [9.17, 15) is 9.59 Å². The lowest BCUT2D eigenvalue weighted by molar-refractivity contribution is -0.143. The number of carboxylic acid groups (broad SMARTS) is 1. The van der Waals surface area contributed by atoms with E-state index < -0.39 is 11.4 Å². The zero-order valence-corrected chi connectivity index (χ0v) is 11.3. The zero-order chi connectivity index (χ0) is 14.9. The second-order valence-corrected chi connectivity index (χ2v) is 5.25. The van der Waals surface area contributed by atoms with Gasteiger partial charge in [-0.05, 0) is 36.6 Å². The van der Waals surface area contributed by atoms with Gasteiger partial charge in [-0.25, -0.2) is 0 Å². The molecule has 1 saturated carbocycles. The maximum atomic E-state index is 11.7. The van der Waals surface area contributed by atoms with Gasteiger partial charge in [0.2, 0.25) is 12.7 Å². The van der Waals surface area contributed by atoms with Crippen molar-refractivity contribution in [1.82, 2.24) is 5.32 Å². The predicted molar refractivity (Wildman–Crippen MR) is 73.9 cm³/mol. The van der Waals surface area contributed by atoms with E-state index in [0.29, 0.717) is 24.3 Å². The number of benzene rings is 1. The van der Waals surface area contributed by atoms with Gasteiger partial charge in [-0.1, -0.05) is 6.07 Å². The van der Waals surface area contributed by atoms with Crippen molar-refractivity contribution in [2.45, 2.75) is 12.8 Å². The number of hydrogen-bond donors (Lipinski definition) is 2. The summed E-state index contributed by atoms with van der Waals surface area (Å²) in [6.07, 6.45) is 4.27. The zero-order valence-electron chi connectivity index (χ0n) is 11.3. The number of fused-ring (bicyclic) bond motifs is 1. The number of aliphatic carboxylic acids is 1. The third-order valence-corrected chi connectivity index (χ3v) is 3.73. The van der Waals surface area contributed by atoms with Crippen LogP contribution in [0.2, 0.25) is 0 Å². The summed E-state index contributed by atoms with van der Waals surface area (Å²) in [5, 5.41) is 11.6. The van der Waals surface area contributed by atoms with Crippen molar-refractivity contribution in [2.75, 3.05) is 13.3 Å². The van der Waals surface area contributed by atoms with Crippen molar-refractivity contribution in [3.8, 4) is 11.5 Å². The molecule has 0 aromatic heterocycles.